The second-order valence-electron chi connectivity index (χ2n) is 4.24. The number of nitrogens with zero attached hydrogens (tertiary/aromatic N) is 1. The van der Waals surface area contributed by atoms with Crippen molar-refractivity contribution in [2.45, 2.75) is 26.4 Å². The minimum atomic E-state index is -0.860. The lowest BCUT2D eigenvalue weighted by atomic mass is 10.2. The molecule has 0 saturated heterocycles. The molecule has 0 aliphatic heterocycles. The summed E-state index contributed by atoms with van der Waals surface area (Å²) in [7, 11) is 1.90. The van der Waals surface area contributed by atoms with Gasteiger partial charge in [-0.3, -0.25) is 0 Å². The van der Waals surface area contributed by atoms with E-state index in [1.165, 1.54) is 0 Å². The van der Waals surface area contributed by atoms with Crippen LogP contribution in [0.15, 0.2) is 6.07 Å². The Morgan fingerprint density at radius 2 is 2.29 bits per heavy atom. The van der Waals surface area contributed by atoms with E-state index in [1.54, 1.807) is 17.8 Å². The summed E-state index contributed by atoms with van der Waals surface area (Å²) < 4.78 is 1.93. The highest BCUT2D eigenvalue weighted by Crippen LogP contribution is 2.14. The molecule has 1 unspecified atom stereocenters. The molecule has 1 heterocycles. The Kier molecular flexibility index (Phi) is 5.08. The van der Waals surface area contributed by atoms with E-state index in [9.17, 15) is 4.79 Å². The summed E-state index contributed by atoms with van der Waals surface area (Å²) in [6.07, 6.45) is 2.08. The minimum Gasteiger partial charge on any atom is -0.478 e. The molecule has 4 nitrogen and oxygen atoms in total. The third-order valence-corrected chi connectivity index (χ3v) is 3.75. The first-order valence-electron chi connectivity index (χ1n) is 5.58. The maximum atomic E-state index is 11.0. The SMILES string of the molecule is CSCC(C)NCc1cc(C(=O)O)c(C)n1C. The Balaban J connectivity index is 2.72. The molecule has 0 aliphatic rings. The van der Waals surface area contributed by atoms with E-state index in [2.05, 4.69) is 18.5 Å². The zero-order valence-corrected chi connectivity index (χ0v) is 11.6. The second kappa shape index (κ2) is 6.12. The lowest BCUT2D eigenvalue weighted by molar-refractivity contribution is 0.0696. The van der Waals surface area contributed by atoms with Gasteiger partial charge in [0.05, 0.1) is 5.56 Å². The molecule has 0 amide bonds. The second-order valence-corrected chi connectivity index (χ2v) is 5.15. The average Bonchev–Trinajstić information content (AvgIpc) is 2.54. The van der Waals surface area contributed by atoms with Gasteiger partial charge in [0.15, 0.2) is 0 Å². The molecule has 0 spiro atoms. The van der Waals surface area contributed by atoms with E-state index in [4.69, 9.17) is 5.11 Å². The van der Waals surface area contributed by atoms with Gasteiger partial charge in [0.25, 0.3) is 0 Å². The molecule has 0 aliphatic carbocycles. The fraction of sp³-hybridized carbons (Fsp3) is 0.583. The lowest BCUT2D eigenvalue weighted by Crippen LogP contribution is -2.28. The van der Waals surface area contributed by atoms with Crippen LogP contribution in [0.25, 0.3) is 0 Å². The summed E-state index contributed by atoms with van der Waals surface area (Å²) in [5.74, 6) is 0.191. The Hall–Kier alpha value is -0.940. The number of thioether (sulfide) groups is 1. The van der Waals surface area contributed by atoms with Crippen molar-refractivity contribution in [3.8, 4) is 0 Å². The lowest BCUT2D eigenvalue weighted by Gasteiger charge is -2.13. The van der Waals surface area contributed by atoms with Gasteiger partial charge in [-0.25, -0.2) is 4.79 Å². The van der Waals surface area contributed by atoms with Gasteiger partial charge in [-0.15, -0.1) is 0 Å². The van der Waals surface area contributed by atoms with Crippen LogP contribution in [-0.4, -0.2) is 33.7 Å². The van der Waals surface area contributed by atoms with E-state index in [1.807, 2.05) is 18.5 Å². The van der Waals surface area contributed by atoms with Crippen LogP contribution < -0.4 is 5.32 Å². The summed E-state index contributed by atoms with van der Waals surface area (Å²) in [6.45, 7) is 4.66. The van der Waals surface area contributed by atoms with Gasteiger partial charge in [-0.1, -0.05) is 0 Å². The highest BCUT2D eigenvalue weighted by Gasteiger charge is 2.14. The molecule has 5 heteroatoms. The first-order chi connectivity index (χ1) is 7.97. The predicted molar refractivity (Wildman–Crippen MR) is 71.8 cm³/mol. The molecular weight excluding hydrogens is 236 g/mol. The van der Waals surface area contributed by atoms with Gasteiger partial charge in [0.2, 0.25) is 0 Å². The van der Waals surface area contributed by atoms with Crippen LogP contribution in [0, 0.1) is 6.92 Å². The number of carboxylic acid groups (broad SMARTS) is 1. The van der Waals surface area contributed by atoms with Gasteiger partial charge in [0.1, 0.15) is 0 Å². The van der Waals surface area contributed by atoms with Crippen LogP contribution in [0.5, 0.6) is 0 Å². The van der Waals surface area contributed by atoms with Gasteiger partial charge >= 0.3 is 5.97 Å². The monoisotopic (exact) mass is 256 g/mol. The maximum Gasteiger partial charge on any atom is 0.337 e. The number of rotatable bonds is 6. The summed E-state index contributed by atoms with van der Waals surface area (Å²) in [5, 5.41) is 12.4. The number of nitrogens with one attached hydrogen (secondary N) is 1. The molecule has 1 aromatic heterocycles. The molecule has 1 atom stereocenters. The Morgan fingerprint density at radius 3 is 2.76 bits per heavy atom. The van der Waals surface area contributed by atoms with E-state index >= 15 is 0 Å². The average molecular weight is 256 g/mol. The zero-order valence-electron chi connectivity index (χ0n) is 10.8. The van der Waals surface area contributed by atoms with Crippen molar-refractivity contribution in [3.63, 3.8) is 0 Å². The van der Waals surface area contributed by atoms with Crippen molar-refractivity contribution >= 4 is 17.7 Å². The smallest absolute Gasteiger partial charge is 0.337 e. The molecule has 0 saturated carbocycles. The quantitative estimate of drug-likeness (QED) is 0.816. The maximum absolute atomic E-state index is 11.0. The fourth-order valence-corrected chi connectivity index (χ4v) is 2.36. The Morgan fingerprint density at radius 1 is 1.65 bits per heavy atom. The summed E-state index contributed by atoms with van der Waals surface area (Å²) in [5.41, 5.74) is 2.20. The van der Waals surface area contributed by atoms with Crippen molar-refractivity contribution in [2.75, 3.05) is 12.0 Å². The van der Waals surface area contributed by atoms with Crippen LogP contribution in [0.1, 0.15) is 28.7 Å². The first kappa shape index (κ1) is 14.1. The number of carboxylic acids is 1. The summed E-state index contributed by atoms with van der Waals surface area (Å²) in [4.78, 5) is 11.0. The van der Waals surface area contributed by atoms with Gasteiger partial charge in [-0.05, 0) is 26.2 Å². The van der Waals surface area contributed by atoms with Crippen LogP contribution in [0.3, 0.4) is 0 Å². The van der Waals surface area contributed by atoms with Gasteiger partial charge in [-0.2, -0.15) is 11.8 Å². The molecule has 0 bridgehead atoms. The molecule has 1 aromatic rings. The van der Waals surface area contributed by atoms with Crippen LogP contribution >= 0.6 is 11.8 Å². The van der Waals surface area contributed by atoms with Gasteiger partial charge < -0.3 is 15.0 Å². The molecule has 0 fully saturated rings. The normalized spacial score (nSPS) is 12.7. The highest BCUT2D eigenvalue weighted by molar-refractivity contribution is 7.98. The molecule has 96 valence electrons. The first-order valence-corrected chi connectivity index (χ1v) is 6.97. The van der Waals surface area contributed by atoms with Crippen LogP contribution in [0.2, 0.25) is 0 Å². The fourth-order valence-electron chi connectivity index (χ4n) is 1.74. The molecule has 0 radical (unpaired) electrons. The van der Waals surface area contributed by atoms with E-state index in [-0.39, 0.29) is 0 Å². The van der Waals surface area contributed by atoms with E-state index in [0.29, 0.717) is 18.2 Å². The molecule has 17 heavy (non-hydrogen) atoms. The number of hydrogen-bond donors (Lipinski definition) is 2. The molecule has 1 rings (SSSR count). The topological polar surface area (TPSA) is 54.3 Å². The number of aromatic nitrogens is 1. The van der Waals surface area contributed by atoms with Gasteiger partial charge in [0, 0.05) is 36.8 Å². The van der Waals surface area contributed by atoms with Crippen molar-refractivity contribution < 1.29 is 9.90 Å². The van der Waals surface area contributed by atoms with Crippen molar-refractivity contribution in [2.24, 2.45) is 7.05 Å². The standard InChI is InChI=1S/C12H20N2O2S/c1-8(7-17-4)13-6-10-5-11(12(15)16)9(2)14(10)3/h5,8,13H,6-7H2,1-4H3,(H,15,16). The number of aromatic carboxylic acids is 1. The zero-order chi connectivity index (χ0) is 13.0. The molecular formula is C12H20N2O2S. The third-order valence-electron chi connectivity index (χ3n) is 2.91. The van der Waals surface area contributed by atoms with Crippen molar-refractivity contribution in [1.29, 1.82) is 0 Å². The molecule has 0 aromatic carbocycles. The number of hydrogen-bond acceptors (Lipinski definition) is 3. The van der Waals surface area contributed by atoms with Crippen molar-refractivity contribution in [3.05, 3.63) is 23.0 Å². The predicted octanol–water partition coefficient (Wildman–Crippen LogP) is 1.87. The Bertz CT molecular complexity index is 401. The molecule has 2 N–H and O–H groups in total. The van der Waals surface area contributed by atoms with E-state index in [0.717, 1.165) is 17.1 Å². The third kappa shape index (κ3) is 3.51. The summed E-state index contributed by atoms with van der Waals surface area (Å²) >= 11 is 1.80. The summed E-state index contributed by atoms with van der Waals surface area (Å²) in [6, 6.07) is 2.17. The van der Waals surface area contributed by atoms with E-state index < -0.39 is 5.97 Å². The van der Waals surface area contributed by atoms with Crippen LogP contribution in [0.4, 0.5) is 0 Å². The van der Waals surface area contributed by atoms with Crippen molar-refractivity contribution in [1.82, 2.24) is 9.88 Å². The Labute approximate surface area is 106 Å². The minimum absolute atomic E-state index is 0.391. The number of carbonyl (C=O) groups is 1. The largest absolute Gasteiger partial charge is 0.478 e. The van der Waals surface area contributed by atoms with Crippen LogP contribution in [-0.2, 0) is 13.6 Å². The highest BCUT2D eigenvalue weighted by atomic mass is 32.2.